The molecule has 0 aliphatic heterocycles. The van der Waals surface area contributed by atoms with Crippen LogP contribution in [0.3, 0.4) is 0 Å². The molecule has 0 spiro atoms. The molecule has 0 atom stereocenters. The molecule has 31 heavy (non-hydrogen) atoms. The Balaban J connectivity index is 1.69. The number of nitrogens with zero attached hydrogens (tertiary/aromatic N) is 5. The molecule has 0 saturated carbocycles. The van der Waals surface area contributed by atoms with Crippen molar-refractivity contribution in [1.29, 1.82) is 0 Å². The van der Waals surface area contributed by atoms with E-state index in [-0.39, 0.29) is 12.5 Å². The van der Waals surface area contributed by atoms with Crippen molar-refractivity contribution in [3.8, 4) is 22.5 Å². The molecule has 0 radical (unpaired) electrons. The molecule has 0 unspecified atom stereocenters. The zero-order chi connectivity index (χ0) is 21.8. The molecule has 3 heterocycles. The third kappa shape index (κ3) is 4.78. The summed E-state index contributed by atoms with van der Waals surface area (Å²) in [6.45, 7) is 4.91. The second kappa shape index (κ2) is 9.06. The van der Waals surface area contributed by atoms with Gasteiger partial charge >= 0.3 is 0 Å². The number of pyridine rings is 1. The van der Waals surface area contributed by atoms with Crippen molar-refractivity contribution in [2.45, 2.75) is 26.9 Å². The van der Waals surface area contributed by atoms with Crippen molar-refractivity contribution >= 4 is 17.5 Å². The molecule has 1 amide bonds. The van der Waals surface area contributed by atoms with Gasteiger partial charge in [-0.15, -0.1) is 0 Å². The summed E-state index contributed by atoms with van der Waals surface area (Å²) in [5, 5.41) is 7.83. The first-order valence-corrected chi connectivity index (χ1v) is 10.3. The number of aromatic nitrogens is 5. The molecule has 4 aromatic rings. The van der Waals surface area contributed by atoms with Gasteiger partial charge in [-0.05, 0) is 50.2 Å². The van der Waals surface area contributed by atoms with E-state index in [0.717, 1.165) is 34.8 Å². The number of carbonyl (C=O) groups excluding carboxylic acids is 1. The summed E-state index contributed by atoms with van der Waals surface area (Å²) < 4.78 is 1.89. The number of hydrogen-bond acceptors (Lipinski definition) is 5. The maximum absolute atomic E-state index is 13.0. The van der Waals surface area contributed by atoms with Crippen LogP contribution in [0.5, 0.6) is 0 Å². The third-order valence-electron chi connectivity index (χ3n) is 4.79. The van der Waals surface area contributed by atoms with Gasteiger partial charge < -0.3 is 5.32 Å². The van der Waals surface area contributed by atoms with Crippen molar-refractivity contribution in [2.75, 3.05) is 0 Å². The Hall–Kier alpha value is -3.58. The van der Waals surface area contributed by atoms with Crippen LogP contribution in [-0.2, 0) is 13.1 Å². The Kier molecular flexibility index (Phi) is 6.04. The van der Waals surface area contributed by atoms with Gasteiger partial charge in [-0.25, -0.2) is 0 Å². The van der Waals surface area contributed by atoms with Crippen LogP contribution in [0.25, 0.3) is 22.5 Å². The van der Waals surface area contributed by atoms with Gasteiger partial charge in [0.15, 0.2) is 0 Å². The van der Waals surface area contributed by atoms with Crippen LogP contribution in [-0.4, -0.2) is 30.6 Å². The maximum Gasteiger partial charge on any atom is 0.251 e. The van der Waals surface area contributed by atoms with Crippen LogP contribution in [0.2, 0.25) is 5.02 Å². The summed E-state index contributed by atoms with van der Waals surface area (Å²) in [7, 11) is 0. The van der Waals surface area contributed by atoms with Crippen molar-refractivity contribution in [2.24, 2.45) is 0 Å². The van der Waals surface area contributed by atoms with Gasteiger partial charge in [-0.3, -0.25) is 24.4 Å². The van der Waals surface area contributed by atoms with Crippen LogP contribution < -0.4 is 5.32 Å². The highest BCUT2D eigenvalue weighted by Gasteiger charge is 2.14. The van der Waals surface area contributed by atoms with Crippen molar-refractivity contribution in [3.63, 3.8) is 0 Å². The molecule has 0 aliphatic rings. The zero-order valence-corrected chi connectivity index (χ0v) is 18.0. The number of benzene rings is 1. The fourth-order valence-electron chi connectivity index (χ4n) is 3.21. The van der Waals surface area contributed by atoms with Gasteiger partial charge in [0.05, 0.1) is 40.5 Å². The smallest absolute Gasteiger partial charge is 0.251 e. The van der Waals surface area contributed by atoms with Crippen molar-refractivity contribution in [1.82, 2.24) is 30.0 Å². The quantitative estimate of drug-likeness (QED) is 0.490. The highest BCUT2D eigenvalue weighted by molar-refractivity contribution is 6.30. The van der Waals surface area contributed by atoms with E-state index in [0.29, 0.717) is 16.3 Å². The summed E-state index contributed by atoms with van der Waals surface area (Å²) >= 11 is 5.99. The first kappa shape index (κ1) is 20.7. The predicted molar refractivity (Wildman–Crippen MR) is 120 cm³/mol. The Bertz CT molecular complexity index is 1200. The number of nitrogens with one attached hydrogen (secondary N) is 1. The standard InChI is InChI=1S/C23H21ClN6O/c1-3-30-22(6-7-29-30)17-8-16(21-5-4-19(24)12-27-21)9-18(10-17)23(31)28-14-20-13-25-15(2)11-26-20/h4-13H,3,14H2,1-2H3,(H,28,31). The summed E-state index contributed by atoms with van der Waals surface area (Å²) in [5.41, 5.74) is 5.40. The highest BCUT2D eigenvalue weighted by Crippen LogP contribution is 2.28. The largest absolute Gasteiger partial charge is 0.346 e. The van der Waals surface area contributed by atoms with E-state index in [1.165, 1.54) is 0 Å². The second-order valence-corrected chi connectivity index (χ2v) is 7.46. The van der Waals surface area contributed by atoms with Crippen LogP contribution in [0.1, 0.15) is 28.7 Å². The van der Waals surface area contributed by atoms with Crippen molar-refractivity contribution < 1.29 is 4.79 Å². The zero-order valence-electron chi connectivity index (χ0n) is 17.2. The Morgan fingerprint density at radius 1 is 1.03 bits per heavy atom. The van der Waals surface area contributed by atoms with Gasteiger partial charge in [0, 0.05) is 41.8 Å². The van der Waals surface area contributed by atoms with E-state index in [1.807, 2.05) is 48.9 Å². The fourth-order valence-corrected chi connectivity index (χ4v) is 3.33. The molecule has 1 N–H and O–H groups in total. The summed E-state index contributed by atoms with van der Waals surface area (Å²) in [5.74, 6) is -0.206. The number of amides is 1. The molecule has 8 heteroatoms. The van der Waals surface area contributed by atoms with Gasteiger partial charge in [-0.2, -0.15) is 5.10 Å². The second-order valence-electron chi connectivity index (χ2n) is 7.02. The van der Waals surface area contributed by atoms with Gasteiger partial charge in [0.25, 0.3) is 5.91 Å². The van der Waals surface area contributed by atoms with Crippen LogP contribution >= 0.6 is 11.6 Å². The molecular weight excluding hydrogens is 412 g/mol. The van der Waals surface area contributed by atoms with E-state index >= 15 is 0 Å². The Morgan fingerprint density at radius 2 is 1.87 bits per heavy atom. The molecule has 3 aromatic heterocycles. The van der Waals surface area contributed by atoms with Gasteiger partial charge in [-0.1, -0.05) is 11.6 Å². The molecule has 156 valence electrons. The average Bonchev–Trinajstić information content (AvgIpc) is 3.28. The van der Waals surface area contributed by atoms with Crippen LogP contribution in [0, 0.1) is 6.92 Å². The number of hydrogen-bond donors (Lipinski definition) is 1. The predicted octanol–water partition coefficient (Wildman–Crippen LogP) is 4.31. The number of rotatable bonds is 6. The summed E-state index contributed by atoms with van der Waals surface area (Å²) in [6, 6.07) is 11.2. The van der Waals surface area contributed by atoms with E-state index in [1.54, 1.807) is 30.9 Å². The summed E-state index contributed by atoms with van der Waals surface area (Å²) in [4.78, 5) is 25.9. The number of halogens is 1. The average molecular weight is 433 g/mol. The minimum Gasteiger partial charge on any atom is -0.346 e. The normalized spacial score (nSPS) is 10.8. The molecule has 7 nitrogen and oxygen atoms in total. The van der Waals surface area contributed by atoms with Crippen molar-refractivity contribution in [3.05, 3.63) is 83.2 Å². The lowest BCUT2D eigenvalue weighted by Crippen LogP contribution is -2.23. The Morgan fingerprint density at radius 3 is 2.58 bits per heavy atom. The minimum atomic E-state index is -0.206. The minimum absolute atomic E-state index is 0.206. The lowest BCUT2D eigenvalue weighted by molar-refractivity contribution is 0.0950. The maximum atomic E-state index is 13.0. The van der Waals surface area contributed by atoms with Crippen LogP contribution in [0.15, 0.2) is 61.2 Å². The SMILES string of the molecule is CCn1nccc1-c1cc(C(=O)NCc2cnc(C)cn2)cc(-c2ccc(Cl)cn2)c1. The highest BCUT2D eigenvalue weighted by atomic mass is 35.5. The molecule has 0 bridgehead atoms. The van der Waals surface area contributed by atoms with E-state index in [4.69, 9.17) is 11.6 Å². The molecule has 4 rings (SSSR count). The topological polar surface area (TPSA) is 85.6 Å². The van der Waals surface area contributed by atoms with E-state index < -0.39 is 0 Å². The van der Waals surface area contributed by atoms with Gasteiger partial charge in [0.1, 0.15) is 0 Å². The first-order valence-electron chi connectivity index (χ1n) is 9.88. The molecule has 0 aliphatic carbocycles. The van der Waals surface area contributed by atoms with Gasteiger partial charge in [0.2, 0.25) is 0 Å². The first-order chi connectivity index (χ1) is 15.0. The monoisotopic (exact) mass is 432 g/mol. The molecular formula is C23H21ClN6O. The van der Waals surface area contributed by atoms with E-state index in [2.05, 4.69) is 25.4 Å². The number of aryl methyl sites for hydroxylation is 2. The molecule has 0 fully saturated rings. The third-order valence-corrected chi connectivity index (χ3v) is 5.02. The molecule has 0 saturated heterocycles. The number of carbonyl (C=O) groups is 1. The van der Waals surface area contributed by atoms with E-state index in [9.17, 15) is 4.79 Å². The fraction of sp³-hybridized carbons (Fsp3) is 0.174. The van der Waals surface area contributed by atoms with Crippen LogP contribution in [0.4, 0.5) is 0 Å². The molecule has 1 aromatic carbocycles. The Labute approximate surface area is 185 Å². The lowest BCUT2D eigenvalue weighted by atomic mass is 10.0. The summed E-state index contributed by atoms with van der Waals surface area (Å²) in [6.07, 6.45) is 6.69. The lowest BCUT2D eigenvalue weighted by Gasteiger charge is -2.12.